The minimum absolute atomic E-state index is 0.286. The third-order valence-electron chi connectivity index (χ3n) is 3.31. The number of hydrogen-bond donors (Lipinski definition) is 1. The van der Waals surface area contributed by atoms with Gasteiger partial charge in [0, 0.05) is 12.0 Å². The van der Waals surface area contributed by atoms with Crippen LogP contribution < -0.4 is 10.2 Å². The Hall–Kier alpha value is -2.64. The number of nitrogens with one attached hydrogen (secondary N) is 1. The van der Waals surface area contributed by atoms with Crippen molar-refractivity contribution in [1.29, 1.82) is 0 Å². The summed E-state index contributed by atoms with van der Waals surface area (Å²) in [4.78, 5) is 0. The van der Waals surface area contributed by atoms with Gasteiger partial charge in [-0.25, -0.2) is 22.0 Å². The summed E-state index contributed by atoms with van der Waals surface area (Å²) in [6, 6.07) is 6.80. The fourth-order valence-electron chi connectivity index (χ4n) is 2.17. The fraction of sp³-hybridized carbons (Fsp3) is 0.133. The third kappa shape index (κ3) is 2.60. The second-order valence-corrected chi connectivity index (χ2v) is 4.71. The molecule has 0 aromatic heterocycles. The molecule has 0 saturated carbocycles. The van der Waals surface area contributed by atoms with Gasteiger partial charge in [0.1, 0.15) is 11.4 Å². The normalized spacial score (nSPS) is 15.3. The standard InChI is InChI=1S/C15H9F5N2O/c16-10-11(17)13(19)15(14(20)12(10)18)22-21-8-5-6-23-9-4-2-1-3-7(8)9/h1-4,22H,5-6H2. The van der Waals surface area contributed by atoms with Gasteiger partial charge >= 0.3 is 0 Å². The van der Waals surface area contributed by atoms with Gasteiger partial charge in [-0.05, 0) is 12.1 Å². The molecule has 23 heavy (non-hydrogen) atoms. The summed E-state index contributed by atoms with van der Waals surface area (Å²) in [7, 11) is 0. The lowest BCUT2D eigenvalue weighted by Crippen LogP contribution is -2.18. The molecule has 1 aliphatic rings. The van der Waals surface area contributed by atoms with Crippen molar-refractivity contribution in [2.24, 2.45) is 5.10 Å². The number of hydrazone groups is 1. The Labute approximate surface area is 127 Å². The lowest BCUT2D eigenvalue weighted by atomic mass is 10.0. The highest BCUT2D eigenvalue weighted by molar-refractivity contribution is 6.04. The van der Waals surface area contributed by atoms with Gasteiger partial charge in [0.05, 0.1) is 12.3 Å². The van der Waals surface area contributed by atoms with Crippen molar-refractivity contribution in [2.75, 3.05) is 12.0 Å². The van der Waals surface area contributed by atoms with Crippen LogP contribution in [-0.4, -0.2) is 12.3 Å². The molecule has 2 aromatic rings. The maximum Gasteiger partial charge on any atom is 0.200 e. The molecular weight excluding hydrogens is 319 g/mol. The van der Waals surface area contributed by atoms with E-state index in [0.29, 0.717) is 23.4 Å². The molecule has 0 unspecified atom stereocenters. The zero-order valence-corrected chi connectivity index (χ0v) is 11.5. The molecule has 1 aliphatic heterocycles. The van der Waals surface area contributed by atoms with Gasteiger partial charge in [-0.3, -0.25) is 5.43 Å². The molecule has 0 fully saturated rings. The number of para-hydroxylation sites is 1. The highest BCUT2D eigenvalue weighted by Gasteiger charge is 2.26. The highest BCUT2D eigenvalue weighted by atomic mass is 19.2. The number of benzene rings is 2. The summed E-state index contributed by atoms with van der Waals surface area (Å²) in [6.07, 6.45) is 0.319. The molecule has 1 N–H and O–H groups in total. The summed E-state index contributed by atoms with van der Waals surface area (Å²) in [5.74, 6) is -9.68. The van der Waals surface area contributed by atoms with Crippen molar-refractivity contribution >= 4 is 11.4 Å². The van der Waals surface area contributed by atoms with E-state index in [1.807, 2.05) is 5.43 Å². The number of ether oxygens (including phenoxy) is 1. The van der Waals surface area contributed by atoms with Crippen molar-refractivity contribution < 1.29 is 26.7 Å². The van der Waals surface area contributed by atoms with Gasteiger partial charge in [0.25, 0.3) is 0 Å². The predicted molar refractivity (Wildman–Crippen MR) is 72.9 cm³/mol. The number of halogens is 5. The molecule has 3 nitrogen and oxygen atoms in total. The minimum atomic E-state index is -2.21. The molecule has 0 saturated heterocycles. The summed E-state index contributed by atoms with van der Waals surface area (Å²) in [6.45, 7) is 0.286. The van der Waals surface area contributed by atoms with Gasteiger partial charge in [0.15, 0.2) is 23.3 Å². The average molecular weight is 328 g/mol. The number of hydrogen-bond acceptors (Lipinski definition) is 3. The minimum Gasteiger partial charge on any atom is -0.492 e. The lowest BCUT2D eigenvalue weighted by Gasteiger charge is -2.19. The smallest absolute Gasteiger partial charge is 0.200 e. The van der Waals surface area contributed by atoms with Crippen LogP contribution >= 0.6 is 0 Å². The average Bonchev–Trinajstić information content (AvgIpc) is 2.58. The van der Waals surface area contributed by atoms with Gasteiger partial charge < -0.3 is 4.74 Å². The number of rotatable bonds is 2. The maximum atomic E-state index is 13.6. The van der Waals surface area contributed by atoms with E-state index in [1.165, 1.54) is 0 Å². The molecule has 0 bridgehead atoms. The van der Waals surface area contributed by atoms with Crippen molar-refractivity contribution in [1.82, 2.24) is 0 Å². The Morgan fingerprint density at radius 2 is 1.48 bits per heavy atom. The van der Waals surface area contributed by atoms with Gasteiger partial charge in [-0.1, -0.05) is 12.1 Å². The van der Waals surface area contributed by atoms with E-state index >= 15 is 0 Å². The largest absolute Gasteiger partial charge is 0.492 e. The van der Waals surface area contributed by atoms with Crippen LogP contribution in [0.2, 0.25) is 0 Å². The van der Waals surface area contributed by atoms with Crippen molar-refractivity contribution in [2.45, 2.75) is 6.42 Å². The van der Waals surface area contributed by atoms with Crippen LogP contribution in [0, 0.1) is 29.1 Å². The van der Waals surface area contributed by atoms with Crippen LogP contribution in [0.1, 0.15) is 12.0 Å². The summed E-state index contributed by atoms with van der Waals surface area (Å²) >= 11 is 0. The van der Waals surface area contributed by atoms with Crippen LogP contribution in [0.4, 0.5) is 27.6 Å². The molecule has 0 amide bonds. The van der Waals surface area contributed by atoms with E-state index in [0.717, 1.165) is 0 Å². The Morgan fingerprint density at radius 3 is 2.17 bits per heavy atom. The van der Waals surface area contributed by atoms with Crippen molar-refractivity contribution in [3.05, 3.63) is 58.9 Å². The van der Waals surface area contributed by atoms with E-state index in [-0.39, 0.29) is 6.61 Å². The van der Waals surface area contributed by atoms with Crippen LogP contribution in [0.15, 0.2) is 29.4 Å². The first kappa shape index (κ1) is 15.3. The molecule has 0 aliphatic carbocycles. The topological polar surface area (TPSA) is 33.6 Å². The Balaban J connectivity index is 1.99. The second-order valence-electron chi connectivity index (χ2n) is 4.71. The molecule has 8 heteroatoms. The van der Waals surface area contributed by atoms with E-state index in [4.69, 9.17) is 4.74 Å². The van der Waals surface area contributed by atoms with E-state index in [2.05, 4.69) is 5.10 Å². The first-order chi connectivity index (χ1) is 11.0. The van der Waals surface area contributed by atoms with E-state index in [1.54, 1.807) is 24.3 Å². The second kappa shape index (κ2) is 5.86. The Morgan fingerprint density at radius 1 is 0.870 bits per heavy atom. The molecular formula is C15H9F5N2O. The van der Waals surface area contributed by atoms with Gasteiger partial charge in [0.2, 0.25) is 5.82 Å². The van der Waals surface area contributed by atoms with Crippen molar-refractivity contribution in [3.63, 3.8) is 0 Å². The van der Waals surface area contributed by atoms with Crippen LogP contribution in [-0.2, 0) is 0 Å². The molecule has 3 rings (SSSR count). The zero-order valence-electron chi connectivity index (χ0n) is 11.5. The molecule has 0 spiro atoms. The van der Waals surface area contributed by atoms with Gasteiger partial charge in [-0.2, -0.15) is 5.10 Å². The number of fused-ring (bicyclic) bond motifs is 1. The van der Waals surface area contributed by atoms with Crippen LogP contribution in [0.3, 0.4) is 0 Å². The molecule has 0 radical (unpaired) electrons. The van der Waals surface area contributed by atoms with E-state index < -0.39 is 34.8 Å². The Kier molecular flexibility index (Phi) is 3.89. The first-order valence-electron chi connectivity index (χ1n) is 6.57. The Bertz CT molecular complexity index is 778. The summed E-state index contributed by atoms with van der Waals surface area (Å²) < 4.78 is 71.8. The summed E-state index contributed by atoms with van der Waals surface area (Å²) in [5.41, 5.74) is 1.70. The third-order valence-corrected chi connectivity index (χ3v) is 3.31. The van der Waals surface area contributed by atoms with E-state index in [9.17, 15) is 22.0 Å². The SMILES string of the molecule is Fc1c(F)c(F)c(NN=C2CCOc3ccccc32)c(F)c1F. The maximum absolute atomic E-state index is 13.6. The molecule has 0 atom stereocenters. The quantitative estimate of drug-likeness (QED) is 0.391. The fourth-order valence-corrected chi connectivity index (χ4v) is 2.17. The van der Waals surface area contributed by atoms with Gasteiger partial charge in [-0.15, -0.1) is 0 Å². The lowest BCUT2D eigenvalue weighted by molar-refractivity contribution is 0.320. The monoisotopic (exact) mass is 328 g/mol. The molecule has 2 aromatic carbocycles. The first-order valence-corrected chi connectivity index (χ1v) is 6.57. The van der Waals surface area contributed by atoms with Crippen molar-refractivity contribution in [3.8, 4) is 5.75 Å². The predicted octanol–water partition coefficient (Wildman–Crippen LogP) is 3.98. The van der Waals surface area contributed by atoms with Crippen LogP contribution in [0.25, 0.3) is 0 Å². The highest BCUT2D eigenvalue weighted by Crippen LogP contribution is 2.28. The molecule has 1 heterocycles. The van der Waals surface area contributed by atoms with Crippen LogP contribution in [0.5, 0.6) is 5.75 Å². The number of anilines is 1. The zero-order chi connectivity index (χ0) is 16.6. The molecule has 120 valence electrons. The number of nitrogens with zero attached hydrogens (tertiary/aromatic N) is 1. The summed E-state index contributed by atoms with van der Waals surface area (Å²) in [5, 5.41) is 3.78.